The van der Waals surface area contributed by atoms with Gasteiger partial charge in [-0.15, -0.1) is 0 Å². The van der Waals surface area contributed by atoms with Gasteiger partial charge in [0.1, 0.15) is 0 Å². The van der Waals surface area contributed by atoms with E-state index in [9.17, 15) is 18.3 Å². The molecule has 8 heteroatoms. The van der Waals surface area contributed by atoms with Crippen molar-refractivity contribution in [1.82, 2.24) is 10.0 Å². The van der Waals surface area contributed by atoms with Gasteiger partial charge in [-0.25, -0.2) is 13.1 Å². The summed E-state index contributed by atoms with van der Waals surface area (Å²) in [6.45, 7) is 2.18. The van der Waals surface area contributed by atoms with Gasteiger partial charge in [0.05, 0.1) is 29.8 Å². The molecule has 1 amide bonds. The van der Waals surface area contributed by atoms with Gasteiger partial charge in [-0.1, -0.05) is 37.0 Å². The van der Waals surface area contributed by atoms with E-state index < -0.39 is 22.2 Å². The predicted molar refractivity (Wildman–Crippen MR) is 114 cm³/mol. The van der Waals surface area contributed by atoms with Crippen LogP contribution < -0.4 is 10.0 Å². The zero-order valence-electron chi connectivity index (χ0n) is 17.7. The van der Waals surface area contributed by atoms with Crippen molar-refractivity contribution in [3.63, 3.8) is 0 Å². The van der Waals surface area contributed by atoms with E-state index in [4.69, 9.17) is 4.74 Å². The number of carbonyl (C=O) groups is 1. The number of aliphatic hydroxyl groups is 1. The number of benzene rings is 1. The number of hydrogen-bond acceptors (Lipinski definition) is 5. The molecule has 0 bridgehead atoms. The van der Waals surface area contributed by atoms with Gasteiger partial charge in [0.15, 0.2) is 0 Å². The number of nitrogens with one attached hydrogen (secondary N) is 2. The Hall–Kier alpha value is -1.48. The molecule has 1 saturated heterocycles. The summed E-state index contributed by atoms with van der Waals surface area (Å²) in [5.41, 5.74) is 0.988. The third kappa shape index (κ3) is 6.26. The first kappa shape index (κ1) is 23.2. The summed E-state index contributed by atoms with van der Waals surface area (Å²) in [7, 11) is -3.68. The predicted octanol–water partition coefficient (Wildman–Crippen LogP) is 2.27. The third-order valence-corrected chi connectivity index (χ3v) is 7.68. The van der Waals surface area contributed by atoms with Crippen molar-refractivity contribution in [2.75, 3.05) is 13.2 Å². The van der Waals surface area contributed by atoms with Crippen molar-refractivity contribution < 1.29 is 23.1 Å². The minimum Gasteiger partial charge on any atom is -0.394 e. The maximum absolute atomic E-state index is 12.7. The molecule has 0 spiro atoms. The number of carbonyl (C=O) groups excluding carboxylic acids is 1. The van der Waals surface area contributed by atoms with E-state index in [0.29, 0.717) is 25.8 Å². The molecule has 1 saturated carbocycles. The zero-order valence-corrected chi connectivity index (χ0v) is 18.5. The number of sulfonamides is 1. The van der Waals surface area contributed by atoms with Gasteiger partial charge in [-0.2, -0.15) is 0 Å². The average Bonchev–Trinajstić information content (AvgIpc) is 2.75. The van der Waals surface area contributed by atoms with E-state index in [1.807, 2.05) is 6.92 Å². The average molecular weight is 439 g/mol. The normalized spacial score (nSPS) is 25.7. The smallest absolute Gasteiger partial charge is 0.240 e. The summed E-state index contributed by atoms with van der Waals surface area (Å²) in [6.07, 6.45) is 6.64. The first-order valence-corrected chi connectivity index (χ1v) is 12.5. The topological polar surface area (TPSA) is 105 Å². The second-order valence-electron chi connectivity index (χ2n) is 8.51. The molecule has 2 fully saturated rings. The highest BCUT2D eigenvalue weighted by atomic mass is 32.2. The van der Waals surface area contributed by atoms with Gasteiger partial charge in [-0.05, 0) is 51.2 Å². The van der Waals surface area contributed by atoms with Gasteiger partial charge in [-0.3, -0.25) is 4.79 Å². The monoisotopic (exact) mass is 438 g/mol. The van der Waals surface area contributed by atoms with Crippen LogP contribution in [0.15, 0.2) is 29.2 Å². The highest BCUT2D eigenvalue weighted by Crippen LogP contribution is 2.25. The molecule has 1 aliphatic heterocycles. The van der Waals surface area contributed by atoms with E-state index in [0.717, 1.165) is 31.2 Å². The summed E-state index contributed by atoms with van der Waals surface area (Å²) in [5, 5.41) is 12.8. The Morgan fingerprint density at radius 1 is 1.10 bits per heavy atom. The van der Waals surface area contributed by atoms with Crippen LogP contribution in [0.1, 0.15) is 56.9 Å². The first-order valence-electron chi connectivity index (χ1n) is 11.0. The summed E-state index contributed by atoms with van der Waals surface area (Å²) >= 11 is 0. The van der Waals surface area contributed by atoms with Crippen molar-refractivity contribution in [2.24, 2.45) is 5.92 Å². The molecule has 0 radical (unpaired) electrons. The number of hydrogen-bond donors (Lipinski definition) is 3. The van der Waals surface area contributed by atoms with Crippen LogP contribution in [0.5, 0.6) is 0 Å². The number of aliphatic hydroxyl groups excluding tert-OH is 1. The number of ether oxygens (including phenoxy) is 1. The lowest BCUT2D eigenvalue weighted by atomic mass is 9.88. The Morgan fingerprint density at radius 2 is 1.80 bits per heavy atom. The second-order valence-corrected chi connectivity index (χ2v) is 10.2. The summed E-state index contributed by atoms with van der Waals surface area (Å²) < 4.78 is 33.9. The molecule has 2 aliphatic rings. The van der Waals surface area contributed by atoms with Crippen LogP contribution in [0.4, 0.5) is 0 Å². The fourth-order valence-corrected chi connectivity index (χ4v) is 5.63. The molecule has 1 aromatic rings. The molecule has 3 atom stereocenters. The van der Waals surface area contributed by atoms with Gasteiger partial charge in [0.2, 0.25) is 15.9 Å². The highest BCUT2D eigenvalue weighted by Gasteiger charge is 2.34. The van der Waals surface area contributed by atoms with Crippen molar-refractivity contribution in [3.05, 3.63) is 29.8 Å². The maximum atomic E-state index is 12.7. The number of amides is 1. The number of rotatable bonds is 8. The lowest BCUT2D eigenvalue weighted by molar-refractivity contribution is -0.126. The molecule has 3 N–H and O–H groups in total. The molecule has 30 heavy (non-hydrogen) atoms. The van der Waals surface area contributed by atoms with E-state index in [-0.39, 0.29) is 29.4 Å². The van der Waals surface area contributed by atoms with Crippen LogP contribution in [0.25, 0.3) is 0 Å². The van der Waals surface area contributed by atoms with Crippen LogP contribution in [-0.2, 0) is 19.6 Å². The van der Waals surface area contributed by atoms with Gasteiger partial charge in [0.25, 0.3) is 0 Å². The standard InChI is InChI=1S/C22H34N2O5S/c1-16-7-10-19(11-8-16)30(27,28)24-20-12-9-18(29-21(20)15-25)13-14-23-22(26)17-5-3-2-4-6-17/h7-8,10-11,17-18,20-21,24-25H,2-6,9,12-15H2,1H3,(H,23,26)/t18-,20-,21+/m0/s1. The fourth-order valence-electron chi connectivity index (χ4n) is 4.33. The van der Waals surface area contributed by atoms with Crippen molar-refractivity contribution in [3.8, 4) is 0 Å². The largest absolute Gasteiger partial charge is 0.394 e. The fraction of sp³-hybridized carbons (Fsp3) is 0.682. The summed E-state index contributed by atoms with van der Waals surface area (Å²) in [5.74, 6) is 0.268. The van der Waals surface area contributed by atoms with Gasteiger partial charge in [0, 0.05) is 12.5 Å². The van der Waals surface area contributed by atoms with Crippen molar-refractivity contribution in [1.29, 1.82) is 0 Å². The summed E-state index contributed by atoms with van der Waals surface area (Å²) in [4.78, 5) is 12.5. The van der Waals surface area contributed by atoms with E-state index in [1.54, 1.807) is 24.3 Å². The van der Waals surface area contributed by atoms with Crippen LogP contribution in [0.3, 0.4) is 0 Å². The number of aryl methyl sites for hydroxylation is 1. The molecule has 0 aromatic heterocycles. The maximum Gasteiger partial charge on any atom is 0.240 e. The van der Waals surface area contributed by atoms with E-state index in [2.05, 4.69) is 10.0 Å². The van der Waals surface area contributed by atoms with Gasteiger partial charge < -0.3 is 15.2 Å². The first-order chi connectivity index (χ1) is 14.4. The molecule has 1 aliphatic carbocycles. The quantitative estimate of drug-likeness (QED) is 0.578. The van der Waals surface area contributed by atoms with Crippen molar-refractivity contribution >= 4 is 15.9 Å². The zero-order chi connectivity index (χ0) is 21.6. The summed E-state index contributed by atoms with van der Waals surface area (Å²) in [6, 6.07) is 6.19. The molecular formula is C22H34N2O5S. The molecule has 168 valence electrons. The lowest BCUT2D eigenvalue weighted by Gasteiger charge is -2.36. The van der Waals surface area contributed by atoms with E-state index >= 15 is 0 Å². The molecule has 0 unspecified atom stereocenters. The molecule has 1 heterocycles. The lowest BCUT2D eigenvalue weighted by Crippen LogP contribution is -2.51. The minimum atomic E-state index is -3.68. The molecule has 7 nitrogen and oxygen atoms in total. The van der Waals surface area contributed by atoms with Crippen LogP contribution in [0.2, 0.25) is 0 Å². The minimum absolute atomic E-state index is 0.103. The third-order valence-electron chi connectivity index (χ3n) is 6.17. The SMILES string of the molecule is Cc1ccc(S(=O)(=O)N[C@H]2CC[C@@H](CCNC(=O)C3CCCCC3)O[C@@H]2CO)cc1. The Bertz CT molecular complexity index is 790. The van der Waals surface area contributed by atoms with Crippen LogP contribution >= 0.6 is 0 Å². The highest BCUT2D eigenvalue weighted by molar-refractivity contribution is 7.89. The van der Waals surface area contributed by atoms with E-state index in [1.165, 1.54) is 6.42 Å². The van der Waals surface area contributed by atoms with Crippen LogP contribution in [-0.4, -0.2) is 50.8 Å². The Morgan fingerprint density at radius 3 is 2.47 bits per heavy atom. The Balaban J connectivity index is 1.47. The Labute approximate surface area is 179 Å². The van der Waals surface area contributed by atoms with Gasteiger partial charge >= 0.3 is 0 Å². The van der Waals surface area contributed by atoms with Crippen molar-refractivity contribution in [2.45, 2.75) is 81.4 Å². The molecular weight excluding hydrogens is 404 g/mol. The van der Waals surface area contributed by atoms with Crippen LogP contribution in [0, 0.1) is 12.8 Å². The second kappa shape index (κ2) is 10.7. The Kier molecular flexibility index (Phi) is 8.27. The molecule has 1 aromatic carbocycles. The molecule has 3 rings (SSSR count).